The zero-order valence-electron chi connectivity index (χ0n) is 13.1. The van der Waals surface area contributed by atoms with Crippen molar-refractivity contribution < 1.29 is 13.5 Å². The summed E-state index contributed by atoms with van der Waals surface area (Å²) in [6.45, 7) is 2.38. The second kappa shape index (κ2) is 6.78. The molecular formula is C18H16F2N2O2. The number of halogens is 2. The third kappa shape index (κ3) is 3.13. The zero-order chi connectivity index (χ0) is 17.1. The van der Waals surface area contributed by atoms with Gasteiger partial charge in [-0.05, 0) is 18.6 Å². The summed E-state index contributed by atoms with van der Waals surface area (Å²) in [7, 11) is 0. The third-order valence-corrected chi connectivity index (χ3v) is 3.63. The molecule has 1 N–H and O–H groups in total. The molecule has 4 nitrogen and oxygen atoms in total. The Morgan fingerprint density at radius 1 is 1.17 bits per heavy atom. The first-order chi connectivity index (χ1) is 11.6. The monoisotopic (exact) mass is 330 g/mol. The van der Waals surface area contributed by atoms with E-state index in [-0.39, 0.29) is 17.1 Å². The molecule has 0 aliphatic heterocycles. The summed E-state index contributed by atoms with van der Waals surface area (Å²) in [6, 6.07) is 8.82. The van der Waals surface area contributed by atoms with Crippen molar-refractivity contribution >= 4 is 10.9 Å². The van der Waals surface area contributed by atoms with Crippen molar-refractivity contribution in [2.45, 2.75) is 19.8 Å². The summed E-state index contributed by atoms with van der Waals surface area (Å²) in [5, 5.41) is 0.363. The molecule has 1 heterocycles. The Labute approximate surface area is 137 Å². The molecule has 0 bridgehead atoms. The summed E-state index contributed by atoms with van der Waals surface area (Å²) in [6.07, 6.45) is 1.72. The maximum absolute atomic E-state index is 14.4. The van der Waals surface area contributed by atoms with Crippen molar-refractivity contribution in [1.82, 2.24) is 9.97 Å². The van der Waals surface area contributed by atoms with E-state index in [0.717, 1.165) is 25.0 Å². The van der Waals surface area contributed by atoms with Crippen molar-refractivity contribution in [2.75, 3.05) is 6.61 Å². The van der Waals surface area contributed by atoms with E-state index >= 15 is 0 Å². The van der Waals surface area contributed by atoms with Gasteiger partial charge in [-0.25, -0.2) is 13.8 Å². The number of nitrogens with zero attached hydrogens (tertiary/aromatic N) is 1. The van der Waals surface area contributed by atoms with Gasteiger partial charge in [-0.1, -0.05) is 25.5 Å². The maximum Gasteiger partial charge on any atom is 0.259 e. The number of aromatic nitrogens is 2. The van der Waals surface area contributed by atoms with Crippen LogP contribution in [0.2, 0.25) is 0 Å². The van der Waals surface area contributed by atoms with Crippen molar-refractivity contribution in [3.63, 3.8) is 0 Å². The number of unbranched alkanes of at least 4 members (excludes halogenated alkanes) is 1. The van der Waals surface area contributed by atoms with Crippen LogP contribution in [0.4, 0.5) is 8.78 Å². The van der Waals surface area contributed by atoms with Crippen LogP contribution in [0.1, 0.15) is 19.8 Å². The molecule has 124 valence electrons. The van der Waals surface area contributed by atoms with E-state index < -0.39 is 17.2 Å². The van der Waals surface area contributed by atoms with Crippen LogP contribution in [0.15, 0.2) is 41.2 Å². The maximum atomic E-state index is 14.4. The highest BCUT2D eigenvalue weighted by Gasteiger charge is 2.17. The van der Waals surface area contributed by atoms with Gasteiger partial charge in [-0.2, -0.15) is 0 Å². The fourth-order valence-electron chi connectivity index (χ4n) is 2.40. The molecule has 0 amide bonds. The molecule has 24 heavy (non-hydrogen) atoms. The van der Waals surface area contributed by atoms with Gasteiger partial charge in [0.15, 0.2) is 0 Å². The van der Waals surface area contributed by atoms with Crippen LogP contribution in [0, 0.1) is 11.6 Å². The van der Waals surface area contributed by atoms with Gasteiger partial charge in [0.2, 0.25) is 0 Å². The first kappa shape index (κ1) is 16.1. The molecule has 0 aliphatic rings. The predicted octanol–water partition coefficient (Wildman–Crippen LogP) is 4.05. The largest absolute Gasteiger partial charge is 0.493 e. The highest BCUT2D eigenvalue weighted by Crippen LogP contribution is 2.28. The third-order valence-electron chi connectivity index (χ3n) is 3.63. The minimum Gasteiger partial charge on any atom is -0.493 e. The number of benzene rings is 2. The van der Waals surface area contributed by atoms with E-state index in [4.69, 9.17) is 4.74 Å². The first-order valence-corrected chi connectivity index (χ1v) is 7.71. The second-order valence-electron chi connectivity index (χ2n) is 5.40. The van der Waals surface area contributed by atoms with Crippen LogP contribution in [0.5, 0.6) is 5.75 Å². The molecular weight excluding hydrogens is 314 g/mol. The molecule has 3 aromatic rings. The SMILES string of the molecule is CCCCOc1cc(F)c(-c2nc3ccccc3c(=O)[nH]2)c(F)c1. The second-order valence-corrected chi connectivity index (χ2v) is 5.40. The van der Waals surface area contributed by atoms with Gasteiger partial charge in [-0.3, -0.25) is 4.79 Å². The lowest BCUT2D eigenvalue weighted by molar-refractivity contribution is 0.306. The minimum absolute atomic E-state index is 0.116. The molecule has 2 aromatic carbocycles. The average Bonchev–Trinajstić information content (AvgIpc) is 2.54. The molecule has 0 atom stereocenters. The van der Waals surface area contributed by atoms with Crippen LogP contribution >= 0.6 is 0 Å². The lowest BCUT2D eigenvalue weighted by Gasteiger charge is -2.10. The average molecular weight is 330 g/mol. The van der Waals surface area contributed by atoms with E-state index in [9.17, 15) is 13.6 Å². The number of fused-ring (bicyclic) bond motifs is 1. The summed E-state index contributed by atoms with van der Waals surface area (Å²) in [5.41, 5.74) is -0.448. The van der Waals surface area contributed by atoms with Gasteiger partial charge in [0.25, 0.3) is 5.56 Å². The highest BCUT2D eigenvalue weighted by atomic mass is 19.1. The van der Waals surface area contributed by atoms with Gasteiger partial charge in [0.05, 0.1) is 23.1 Å². The number of hydrogen-bond donors (Lipinski definition) is 1. The predicted molar refractivity (Wildman–Crippen MR) is 88.1 cm³/mol. The van der Waals surface area contributed by atoms with Crippen molar-refractivity contribution in [3.05, 3.63) is 58.4 Å². The highest BCUT2D eigenvalue weighted by molar-refractivity contribution is 5.79. The topological polar surface area (TPSA) is 55.0 Å². The van der Waals surface area contributed by atoms with Gasteiger partial charge in [-0.15, -0.1) is 0 Å². The fourth-order valence-corrected chi connectivity index (χ4v) is 2.40. The van der Waals surface area contributed by atoms with Gasteiger partial charge in [0.1, 0.15) is 23.2 Å². The Kier molecular flexibility index (Phi) is 4.55. The molecule has 1 aromatic heterocycles. The zero-order valence-corrected chi connectivity index (χ0v) is 13.1. The van der Waals surface area contributed by atoms with Gasteiger partial charge >= 0.3 is 0 Å². The number of hydrogen-bond acceptors (Lipinski definition) is 3. The normalized spacial score (nSPS) is 11.0. The van der Waals surface area contributed by atoms with Gasteiger partial charge in [0, 0.05) is 12.1 Å². The van der Waals surface area contributed by atoms with E-state index in [1.807, 2.05) is 6.92 Å². The first-order valence-electron chi connectivity index (χ1n) is 7.71. The minimum atomic E-state index is -0.833. The van der Waals surface area contributed by atoms with Crippen LogP contribution < -0.4 is 10.3 Å². The number of para-hydroxylation sites is 1. The Morgan fingerprint density at radius 2 is 1.88 bits per heavy atom. The molecule has 0 fully saturated rings. The Morgan fingerprint density at radius 3 is 2.58 bits per heavy atom. The number of aromatic amines is 1. The smallest absolute Gasteiger partial charge is 0.259 e. The molecule has 0 aliphatic carbocycles. The molecule has 0 unspecified atom stereocenters. The molecule has 0 saturated carbocycles. The standard InChI is InChI=1S/C18H16F2N2O2/c1-2-3-8-24-11-9-13(19)16(14(20)10-11)17-21-15-7-5-4-6-12(15)18(23)22-17/h4-7,9-10H,2-3,8H2,1H3,(H,21,22,23). The molecule has 0 radical (unpaired) electrons. The Hall–Kier alpha value is -2.76. The number of nitrogens with one attached hydrogen (secondary N) is 1. The number of H-pyrrole nitrogens is 1. The molecule has 0 spiro atoms. The summed E-state index contributed by atoms with van der Waals surface area (Å²) < 4.78 is 34.0. The van der Waals surface area contributed by atoms with Crippen LogP contribution in [0.25, 0.3) is 22.3 Å². The summed E-state index contributed by atoms with van der Waals surface area (Å²) in [4.78, 5) is 18.7. The summed E-state index contributed by atoms with van der Waals surface area (Å²) >= 11 is 0. The lowest BCUT2D eigenvalue weighted by Crippen LogP contribution is -2.11. The van der Waals surface area contributed by atoms with Gasteiger partial charge < -0.3 is 9.72 Å². The van der Waals surface area contributed by atoms with E-state index in [1.54, 1.807) is 24.3 Å². The van der Waals surface area contributed by atoms with Crippen molar-refractivity contribution in [2.24, 2.45) is 0 Å². The van der Waals surface area contributed by atoms with E-state index in [1.165, 1.54) is 0 Å². The van der Waals surface area contributed by atoms with Crippen molar-refractivity contribution in [1.29, 1.82) is 0 Å². The lowest BCUT2D eigenvalue weighted by atomic mass is 10.1. The van der Waals surface area contributed by atoms with Crippen LogP contribution in [-0.4, -0.2) is 16.6 Å². The van der Waals surface area contributed by atoms with Crippen molar-refractivity contribution in [3.8, 4) is 17.1 Å². The molecule has 0 saturated heterocycles. The number of ether oxygens (including phenoxy) is 1. The number of rotatable bonds is 5. The summed E-state index contributed by atoms with van der Waals surface area (Å²) in [5.74, 6) is -1.70. The molecule has 3 rings (SSSR count). The van der Waals surface area contributed by atoms with Crippen LogP contribution in [0.3, 0.4) is 0 Å². The van der Waals surface area contributed by atoms with E-state index in [2.05, 4.69) is 9.97 Å². The Balaban J connectivity index is 2.05. The quantitative estimate of drug-likeness (QED) is 0.718. The fraction of sp³-hybridized carbons (Fsp3) is 0.222. The van der Waals surface area contributed by atoms with E-state index in [0.29, 0.717) is 17.5 Å². The Bertz CT molecular complexity index is 915. The van der Waals surface area contributed by atoms with Crippen LogP contribution in [-0.2, 0) is 0 Å². The molecule has 6 heteroatoms.